The minimum Gasteiger partial charge on any atom is -0.480 e. The van der Waals surface area contributed by atoms with Crippen LogP contribution in [0.5, 0.6) is 0 Å². The van der Waals surface area contributed by atoms with Crippen molar-refractivity contribution in [2.24, 2.45) is 0 Å². The molecule has 21 heavy (non-hydrogen) atoms. The van der Waals surface area contributed by atoms with Crippen LogP contribution in [-0.2, 0) is 16.1 Å². The fraction of sp³-hybridized carbons (Fsp3) is 0.714. The first kappa shape index (κ1) is 16.4. The van der Waals surface area contributed by atoms with E-state index in [0.717, 1.165) is 43.4 Å². The average molecular weight is 313 g/mol. The number of piperazine rings is 1. The summed E-state index contributed by atoms with van der Waals surface area (Å²) in [5.41, 5.74) is 1.08. The van der Waals surface area contributed by atoms with Gasteiger partial charge in [0.15, 0.2) is 0 Å². The molecule has 1 fully saturated rings. The van der Waals surface area contributed by atoms with Gasteiger partial charge < -0.3 is 9.84 Å². The predicted octanol–water partition coefficient (Wildman–Crippen LogP) is 1.44. The number of hydrogen-bond donors (Lipinski definition) is 1. The lowest BCUT2D eigenvalue weighted by Crippen LogP contribution is -2.47. The average Bonchev–Trinajstić information content (AvgIpc) is 2.89. The molecule has 1 unspecified atom stereocenters. The van der Waals surface area contributed by atoms with Crippen LogP contribution in [-0.4, -0.2) is 65.2 Å². The van der Waals surface area contributed by atoms with Gasteiger partial charge in [-0.25, -0.2) is 4.98 Å². The van der Waals surface area contributed by atoms with Crippen molar-refractivity contribution < 1.29 is 14.6 Å². The normalized spacial score (nSPS) is 18.8. The molecular formula is C14H23N3O3S. The van der Waals surface area contributed by atoms with Crippen LogP contribution in [0.1, 0.15) is 30.7 Å². The van der Waals surface area contributed by atoms with Crippen molar-refractivity contribution in [2.75, 3.05) is 39.3 Å². The second-order valence-electron chi connectivity index (χ2n) is 5.22. The Kier molecular flexibility index (Phi) is 6.10. The summed E-state index contributed by atoms with van der Waals surface area (Å²) in [5, 5.41) is 11.9. The molecule has 118 valence electrons. The summed E-state index contributed by atoms with van der Waals surface area (Å²) in [5.74, 6) is -0.752. The Hall–Kier alpha value is -1.02. The summed E-state index contributed by atoms with van der Waals surface area (Å²) in [4.78, 5) is 19.6. The Labute approximate surface area is 129 Å². The lowest BCUT2D eigenvalue weighted by atomic mass is 10.3. The number of carboxylic acid groups (broad SMARTS) is 1. The number of aliphatic carboxylic acids is 1. The lowest BCUT2D eigenvalue weighted by molar-refractivity contribution is -0.138. The summed E-state index contributed by atoms with van der Waals surface area (Å²) < 4.78 is 5.55. The number of aromatic nitrogens is 1. The highest BCUT2D eigenvalue weighted by Gasteiger charge is 2.19. The zero-order valence-corrected chi connectivity index (χ0v) is 13.4. The van der Waals surface area contributed by atoms with E-state index < -0.39 is 5.97 Å². The Morgan fingerprint density at radius 2 is 2.10 bits per heavy atom. The maximum absolute atomic E-state index is 10.7. The van der Waals surface area contributed by atoms with Gasteiger partial charge in [-0.2, -0.15) is 0 Å². The molecule has 1 aromatic rings. The second kappa shape index (κ2) is 7.84. The first-order valence-electron chi connectivity index (χ1n) is 7.31. The third kappa shape index (κ3) is 5.03. The molecular weight excluding hydrogens is 290 g/mol. The van der Waals surface area contributed by atoms with Gasteiger partial charge in [-0.05, 0) is 13.8 Å². The van der Waals surface area contributed by atoms with Crippen molar-refractivity contribution in [1.29, 1.82) is 0 Å². The zero-order valence-electron chi connectivity index (χ0n) is 12.6. The molecule has 0 radical (unpaired) electrons. The van der Waals surface area contributed by atoms with Crippen molar-refractivity contribution in [1.82, 2.24) is 14.8 Å². The number of thiazole rings is 1. The molecule has 0 aliphatic carbocycles. The lowest BCUT2D eigenvalue weighted by Gasteiger charge is -2.33. The minimum atomic E-state index is -0.752. The standard InChI is InChI=1S/C14H23N3O3S/c1-3-20-11(2)14-15-12(10-21-14)8-16-4-6-17(7-5-16)9-13(18)19/h10-11H,3-9H2,1-2H3,(H,18,19). The van der Waals surface area contributed by atoms with Crippen molar-refractivity contribution in [3.05, 3.63) is 16.1 Å². The van der Waals surface area contributed by atoms with Crippen LogP contribution >= 0.6 is 11.3 Å². The van der Waals surface area contributed by atoms with Crippen LogP contribution in [0.4, 0.5) is 0 Å². The van der Waals surface area contributed by atoms with E-state index in [4.69, 9.17) is 9.84 Å². The first-order valence-corrected chi connectivity index (χ1v) is 8.19. The van der Waals surface area contributed by atoms with Crippen LogP contribution in [0.3, 0.4) is 0 Å². The third-order valence-corrected chi connectivity index (χ3v) is 4.60. The molecule has 0 spiro atoms. The molecule has 1 aliphatic rings. The molecule has 1 atom stereocenters. The van der Waals surface area contributed by atoms with Crippen molar-refractivity contribution in [2.45, 2.75) is 26.5 Å². The molecule has 2 rings (SSSR count). The summed E-state index contributed by atoms with van der Waals surface area (Å²) in [7, 11) is 0. The summed E-state index contributed by atoms with van der Waals surface area (Å²) in [6, 6.07) is 0. The molecule has 0 aromatic carbocycles. The molecule has 0 bridgehead atoms. The van der Waals surface area contributed by atoms with E-state index in [1.165, 1.54) is 0 Å². The van der Waals surface area contributed by atoms with Gasteiger partial charge in [0, 0.05) is 44.7 Å². The molecule has 1 N–H and O–H groups in total. The largest absolute Gasteiger partial charge is 0.480 e. The van der Waals surface area contributed by atoms with Gasteiger partial charge in [0.1, 0.15) is 11.1 Å². The molecule has 1 saturated heterocycles. The van der Waals surface area contributed by atoms with E-state index in [-0.39, 0.29) is 12.6 Å². The van der Waals surface area contributed by atoms with Gasteiger partial charge >= 0.3 is 5.97 Å². The van der Waals surface area contributed by atoms with Crippen molar-refractivity contribution >= 4 is 17.3 Å². The summed E-state index contributed by atoms with van der Waals surface area (Å²) in [6.07, 6.45) is 0.0566. The molecule has 6 nitrogen and oxygen atoms in total. The highest BCUT2D eigenvalue weighted by molar-refractivity contribution is 7.09. The van der Waals surface area contributed by atoms with E-state index >= 15 is 0 Å². The zero-order chi connectivity index (χ0) is 15.2. The second-order valence-corrected chi connectivity index (χ2v) is 6.11. The highest BCUT2D eigenvalue weighted by Crippen LogP contribution is 2.22. The monoisotopic (exact) mass is 313 g/mol. The quantitative estimate of drug-likeness (QED) is 0.822. The number of nitrogens with zero attached hydrogens (tertiary/aromatic N) is 3. The molecule has 0 saturated carbocycles. The Morgan fingerprint density at radius 1 is 1.43 bits per heavy atom. The van der Waals surface area contributed by atoms with E-state index in [2.05, 4.69) is 15.3 Å². The molecule has 2 heterocycles. The maximum Gasteiger partial charge on any atom is 0.317 e. The summed E-state index contributed by atoms with van der Waals surface area (Å²) >= 11 is 1.64. The smallest absolute Gasteiger partial charge is 0.317 e. The topological polar surface area (TPSA) is 65.9 Å². The Balaban J connectivity index is 1.79. The molecule has 1 aliphatic heterocycles. The molecule has 1 aromatic heterocycles. The van der Waals surface area contributed by atoms with Gasteiger partial charge in [0.2, 0.25) is 0 Å². The highest BCUT2D eigenvalue weighted by atomic mass is 32.1. The first-order chi connectivity index (χ1) is 10.1. The number of carboxylic acids is 1. The van der Waals surface area contributed by atoms with Crippen LogP contribution < -0.4 is 0 Å². The van der Waals surface area contributed by atoms with E-state index in [0.29, 0.717) is 6.61 Å². The Bertz CT molecular complexity index is 458. The number of ether oxygens (including phenoxy) is 1. The van der Waals surface area contributed by atoms with Crippen LogP contribution in [0.2, 0.25) is 0 Å². The number of carbonyl (C=O) groups is 1. The summed E-state index contributed by atoms with van der Waals surface area (Å²) in [6.45, 7) is 9.07. The minimum absolute atomic E-state index is 0.0566. The SMILES string of the molecule is CCOC(C)c1nc(CN2CCN(CC(=O)O)CC2)cs1. The predicted molar refractivity (Wildman–Crippen MR) is 81.5 cm³/mol. The van der Waals surface area contributed by atoms with E-state index in [1.807, 2.05) is 18.7 Å². The fourth-order valence-corrected chi connectivity index (χ4v) is 3.24. The number of hydrogen-bond acceptors (Lipinski definition) is 6. The van der Waals surface area contributed by atoms with Crippen molar-refractivity contribution in [3.8, 4) is 0 Å². The fourth-order valence-electron chi connectivity index (χ4n) is 2.43. The van der Waals surface area contributed by atoms with Gasteiger partial charge in [-0.3, -0.25) is 14.6 Å². The van der Waals surface area contributed by atoms with Crippen LogP contribution in [0, 0.1) is 0 Å². The van der Waals surface area contributed by atoms with E-state index in [1.54, 1.807) is 11.3 Å². The maximum atomic E-state index is 10.7. The van der Waals surface area contributed by atoms with Gasteiger partial charge in [-0.15, -0.1) is 11.3 Å². The molecule has 7 heteroatoms. The van der Waals surface area contributed by atoms with Gasteiger partial charge in [-0.1, -0.05) is 0 Å². The van der Waals surface area contributed by atoms with Gasteiger partial charge in [0.05, 0.1) is 12.2 Å². The number of rotatable bonds is 7. The third-order valence-electron chi connectivity index (χ3n) is 3.54. The Morgan fingerprint density at radius 3 is 2.71 bits per heavy atom. The molecule has 0 amide bonds. The van der Waals surface area contributed by atoms with Crippen molar-refractivity contribution in [3.63, 3.8) is 0 Å². The van der Waals surface area contributed by atoms with E-state index in [9.17, 15) is 4.79 Å². The van der Waals surface area contributed by atoms with Crippen LogP contribution in [0.15, 0.2) is 5.38 Å². The van der Waals surface area contributed by atoms with Crippen LogP contribution in [0.25, 0.3) is 0 Å². The van der Waals surface area contributed by atoms with Gasteiger partial charge in [0.25, 0.3) is 0 Å².